The van der Waals surface area contributed by atoms with Gasteiger partial charge >= 0.3 is 0 Å². The predicted octanol–water partition coefficient (Wildman–Crippen LogP) is 1.46. The van der Waals surface area contributed by atoms with Gasteiger partial charge in [0.25, 0.3) is 0 Å². The highest BCUT2D eigenvalue weighted by Crippen LogP contribution is 2.21. The van der Waals surface area contributed by atoms with E-state index >= 15 is 0 Å². The van der Waals surface area contributed by atoms with Gasteiger partial charge in [-0.3, -0.25) is 4.79 Å². The quantitative estimate of drug-likeness (QED) is 0.807. The number of nitrogens with one attached hydrogen (secondary N) is 1. The molecule has 0 saturated carbocycles. The predicted molar refractivity (Wildman–Crippen MR) is 72.1 cm³/mol. The van der Waals surface area contributed by atoms with Gasteiger partial charge in [0.05, 0.1) is 11.9 Å². The number of aliphatic hydroxyl groups excluding tert-OH is 1. The van der Waals surface area contributed by atoms with Crippen LogP contribution in [0.15, 0.2) is 30.3 Å². The summed E-state index contributed by atoms with van der Waals surface area (Å²) in [5.41, 5.74) is 1.14. The highest BCUT2D eigenvalue weighted by atomic mass is 32.2. The molecule has 2 unspecified atom stereocenters. The van der Waals surface area contributed by atoms with Crippen molar-refractivity contribution in [1.29, 1.82) is 0 Å². The van der Waals surface area contributed by atoms with Gasteiger partial charge < -0.3 is 10.4 Å². The van der Waals surface area contributed by atoms with E-state index in [4.69, 9.17) is 5.11 Å². The molecule has 0 saturated heterocycles. The normalized spacial score (nSPS) is 14.1. The average Bonchev–Trinajstić information content (AvgIpc) is 2.38. The molecule has 2 atom stereocenters. The van der Waals surface area contributed by atoms with Crippen LogP contribution in [-0.4, -0.2) is 35.2 Å². The van der Waals surface area contributed by atoms with Gasteiger partial charge in [0.15, 0.2) is 0 Å². The summed E-state index contributed by atoms with van der Waals surface area (Å²) in [4.78, 5) is 11.8. The van der Waals surface area contributed by atoms with Crippen LogP contribution in [0.1, 0.15) is 12.5 Å². The molecule has 4 heteroatoms. The van der Waals surface area contributed by atoms with Crippen molar-refractivity contribution in [3.63, 3.8) is 0 Å². The Labute approximate surface area is 107 Å². The van der Waals surface area contributed by atoms with Crippen LogP contribution >= 0.6 is 11.8 Å². The second-order valence-corrected chi connectivity index (χ2v) is 5.57. The maximum absolute atomic E-state index is 11.8. The van der Waals surface area contributed by atoms with Crippen molar-refractivity contribution in [3.8, 4) is 0 Å². The second-order valence-electron chi connectivity index (χ2n) is 3.92. The molecule has 0 aliphatic carbocycles. The van der Waals surface area contributed by atoms with Crippen LogP contribution in [0.3, 0.4) is 0 Å². The number of carbonyl (C=O) groups excluding carboxylic acids is 1. The molecule has 2 N–H and O–H groups in total. The molecule has 0 aliphatic rings. The van der Waals surface area contributed by atoms with Crippen LogP contribution in [0, 0.1) is 0 Å². The molecule has 0 fully saturated rings. The molecule has 0 heterocycles. The van der Waals surface area contributed by atoms with E-state index in [-0.39, 0.29) is 23.0 Å². The Morgan fingerprint density at radius 1 is 1.41 bits per heavy atom. The standard InChI is InChI=1S/C13H19NO2S/c1-10(9-15)17-12(13(16)14-2)8-11-6-4-3-5-7-11/h3-7,10,12,15H,8-9H2,1-2H3,(H,14,16). The van der Waals surface area contributed by atoms with Crippen molar-refractivity contribution in [3.05, 3.63) is 35.9 Å². The fourth-order valence-corrected chi connectivity index (χ4v) is 2.69. The summed E-state index contributed by atoms with van der Waals surface area (Å²) in [6, 6.07) is 9.93. The molecule has 1 rings (SSSR count). The Morgan fingerprint density at radius 3 is 2.59 bits per heavy atom. The number of carbonyl (C=O) groups is 1. The number of thioether (sulfide) groups is 1. The van der Waals surface area contributed by atoms with Crippen molar-refractivity contribution in [2.24, 2.45) is 0 Å². The van der Waals surface area contributed by atoms with Gasteiger partial charge in [-0.15, -0.1) is 11.8 Å². The van der Waals surface area contributed by atoms with Gasteiger partial charge in [0, 0.05) is 12.3 Å². The molecule has 3 nitrogen and oxygen atoms in total. The molecule has 0 bridgehead atoms. The largest absolute Gasteiger partial charge is 0.395 e. The first kappa shape index (κ1) is 14.1. The smallest absolute Gasteiger partial charge is 0.233 e. The molecule has 94 valence electrons. The molecular formula is C13H19NO2S. The zero-order valence-electron chi connectivity index (χ0n) is 10.2. The second kappa shape index (κ2) is 7.35. The zero-order valence-corrected chi connectivity index (χ0v) is 11.0. The fraction of sp³-hybridized carbons (Fsp3) is 0.462. The number of rotatable bonds is 6. The van der Waals surface area contributed by atoms with Gasteiger partial charge in [-0.1, -0.05) is 37.3 Å². The molecule has 0 spiro atoms. The summed E-state index contributed by atoms with van der Waals surface area (Å²) >= 11 is 1.51. The third-order valence-corrected chi connectivity index (χ3v) is 3.78. The monoisotopic (exact) mass is 253 g/mol. The van der Waals surface area contributed by atoms with Crippen molar-refractivity contribution >= 4 is 17.7 Å². The minimum atomic E-state index is -0.149. The number of hydrogen-bond donors (Lipinski definition) is 2. The lowest BCUT2D eigenvalue weighted by Crippen LogP contribution is -2.32. The van der Waals surface area contributed by atoms with E-state index in [1.807, 2.05) is 37.3 Å². The molecule has 0 aromatic heterocycles. The van der Waals surface area contributed by atoms with E-state index in [0.29, 0.717) is 6.42 Å². The van der Waals surface area contributed by atoms with Crippen LogP contribution in [0.4, 0.5) is 0 Å². The van der Waals surface area contributed by atoms with Crippen LogP contribution in [0.2, 0.25) is 0 Å². The molecule has 17 heavy (non-hydrogen) atoms. The van der Waals surface area contributed by atoms with E-state index in [0.717, 1.165) is 5.56 Å². The SMILES string of the molecule is CNC(=O)C(Cc1ccccc1)SC(C)CO. The van der Waals surface area contributed by atoms with Gasteiger partial charge in [-0.25, -0.2) is 0 Å². The fourth-order valence-electron chi connectivity index (χ4n) is 1.52. The summed E-state index contributed by atoms with van der Waals surface area (Å²) in [5.74, 6) is 0.0131. The molecule has 0 radical (unpaired) electrons. The van der Waals surface area contributed by atoms with Crippen LogP contribution in [-0.2, 0) is 11.2 Å². The topological polar surface area (TPSA) is 49.3 Å². The molecule has 1 amide bonds. The van der Waals surface area contributed by atoms with Crippen molar-refractivity contribution in [2.45, 2.75) is 23.8 Å². The Bertz CT molecular complexity index is 343. The zero-order chi connectivity index (χ0) is 12.7. The van der Waals surface area contributed by atoms with Crippen molar-refractivity contribution in [2.75, 3.05) is 13.7 Å². The van der Waals surface area contributed by atoms with Crippen LogP contribution < -0.4 is 5.32 Å². The van der Waals surface area contributed by atoms with E-state index in [9.17, 15) is 4.79 Å². The lowest BCUT2D eigenvalue weighted by molar-refractivity contribution is -0.120. The number of benzene rings is 1. The molecule has 1 aromatic carbocycles. The molecule has 0 aliphatic heterocycles. The van der Waals surface area contributed by atoms with E-state index < -0.39 is 0 Å². The number of hydrogen-bond acceptors (Lipinski definition) is 3. The summed E-state index contributed by atoms with van der Waals surface area (Å²) in [6.07, 6.45) is 0.690. The van der Waals surface area contributed by atoms with Crippen molar-refractivity contribution < 1.29 is 9.90 Å². The average molecular weight is 253 g/mol. The first-order valence-electron chi connectivity index (χ1n) is 5.69. The summed E-state index contributed by atoms with van der Waals surface area (Å²) in [7, 11) is 1.64. The Hall–Kier alpha value is -1.00. The summed E-state index contributed by atoms with van der Waals surface area (Å²) in [6.45, 7) is 2.01. The van der Waals surface area contributed by atoms with E-state index in [2.05, 4.69) is 5.32 Å². The third kappa shape index (κ3) is 4.79. The van der Waals surface area contributed by atoms with Crippen LogP contribution in [0.25, 0.3) is 0 Å². The van der Waals surface area contributed by atoms with Crippen LogP contribution in [0.5, 0.6) is 0 Å². The highest BCUT2D eigenvalue weighted by molar-refractivity contribution is 8.01. The minimum absolute atomic E-state index is 0.0131. The Balaban J connectivity index is 2.67. The third-order valence-electron chi connectivity index (χ3n) is 2.46. The van der Waals surface area contributed by atoms with Crippen molar-refractivity contribution in [1.82, 2.24) is 5.32 Å². The maximum atomic E-state index is 11.8. The summed E-state index contributed by atoms with van der Waals surface area (Å²) < 4.78 is 0. The maximum Gasteiger partial charge on any atom is 0.233 e. The minimum Gasteiger partial charge on any atom is -0.395 e. The Morgan fingerprint density at radius 2 is 2.06 bits per heavy atom. The molecule has 1 aromatic rings. The lowest BCUT2D eigenvalue weighted by atomic mass is 10.1. The number of amides is 1. The Kier molecular flexibility index (Phi) is 6.08. The van der Waals surface area contributed by atoms with Gasteiger partial charge in [-0.2, -0.15) is 0 Å². The van der Waals surface area contributed by atoms with E-state index in [1.54, 1.807) is 7.05 Å². The van der Waals surface area contributed by atoms with Gasteiger partial charge in [0.1, 0.15) is 0 Å². The lowest BCUT2D eigenvalue weighted by Gasteiger charge is -2.18. The first-order chi connectivity index (χ1) is 8.17. The first-order valence-corrected chi connectivity index (χ1v) is 6.63. The molecular weight excluding hydrogens is 234 g/mol. The van der Waals surface area contributed by atoms with Gasteiger partial charge in [0.2, 0.25) is 5.91 Å². The van der Waals surface area contributed by atoms with E-state index in [1.165, 1.54) is 11.8 Å². The number of aliphatic hydroxyl groups is 1. The summed E-state index contributed by atoms with van der Waals surface area (Å²) in [5, 5.41) is 11.6. The van der Waals surface area contributed by atoms with Gasteiger partial charge in [-0.05, 0) is 12.0 Å². The highest BCUT2D eigenvalue weighted by Gasteiger charge is 2.20.